The molecular formula is C9H20N2O. The Morgan fingerprint density at radius 2 is 1.92 bits per heavy atom. The first kappa shape index (κ1) is 11.6. The van der Waals surface area contributed by atoms with Crippen LogP contribution in [0.1, 0.15) is 20.8 Å². The Morgan fingerprint density at radius 1 is 1.33 bits per heavy atom. The molecular weight excluding hydrogens is 152 g/mol. The molecule has 0 amide bonds. The van der Waals surface area contributed by atoms with Crippen LogP contribution in [0, 0.1) is 5.92 Å². The lowest BCUT2D eigenvalue weighted by atomic mass is 10.1. The zero-order valence-corrected chi connectivity index (χ0v) is 8.48. The summed E-state index contributed by atoms with van der Waals surface area (Å²) < 4.78 is 0. The maximum Gasteiger partial charge on any atom is 0.147 e. The second-order valence-electron chi connectivity index (χ2n) is 3.52. The topological polar surface area (TPSA) is 41.1 Å². The minimum Gasteiger partial charge on any atom is -0.318 e. The van der Waals surface area contributed by atoms with Crippen molar-refractivity contribution in [2.24, 2.45) is 5.92 Å². The van der Waals surface area contributed by atoms with Gasteiger partial charge >= 0.3 is 0 Å². The van der Waals surface area contributed by atoms with Gasteiger partial charge in [0.1, 0.15) is 5.78 Å². The molecule has 72 valence electrons. The predicted octanol–water partition coefficient (Wildman–Crippen LogP) is 0.409. The highest BCUT2D eigenvalue weighted by Gasteiger charge is 2.11. The molecule has 12 heavy (non-hydrogen) atoms. The van der Waals surface area contributed by atoms with Crippen LogP contribution in [0.4, 0.5) is 0 Å². The third-order valence-electron chi connectivity index (χ3n) is 1.67. The Kier molecular flexibility index (Phi) is 5.93. The van der Waals surface area contributed by atoms with Crippen LogP contribution in [-0.4, -0.2) is 32.0 Å². The van der Waals surface area contributed by atoms with Crippen LogP contribution >= 0.6 is 0 Å². The van der Waals surface area contributed by atoms with Gasteiger partial charge < -0.3 is 10.6 Å². The number of likely N-dealkylation sites (N-methyl/N-ethyl adjacent to an activating group) is 1. The summed E-state index contributed by atoms with van der Waals surface area (Å²) >= 11 is 0. The molecule has 2 N–H and O–H groups in total. The Morgan fingerprint density at radius 3 is 2.25 bits per heavy atom. The average Bonchev–Trinajstić information content (AvgIpc) is 1.96. The highest BCUT2D eigenvalue weighted by molar-refractivity contribution is 5.81. The summed E-state index contributed by atoms with van der Waals surface area (Å²) in [5.74, 6) is 0.786. The average molecular weight is 172 g/mol. The van der Waals surface area contributed by atoms with Crippen molar-refractivity contribution >= 4 is 5.78 Å². The van der Waals surface area contributed by atoms with Crippen LogP contribution in [0.5, 0.6) is 0 Å². The molecule has 0 aliphatic rings. The van der Waals surface area contributed by atoms with Gasteiger partial charge in [0.25, 0.3) is 0 Å². The summed E-state index contributed by atoms with van der Waals surface area (Å²) in [5.41, 5.74) is 0. The Balaban J connectivity index is 3.71. The summed E-state index contributed by atoms with van der Waals surface area (Å²) in [5, 5.41) is 6.20. The van der Waals surface area contributed by atoms with Gasteiger partial charge in [0.2, 0.25) is 0 Å². The van der Waals surface area contributed by atoms with Crippen molar-refractivity contribution in [1.82, 2.24) is 10.6 Å². The number of hydrogen-bond donors (Lipinski definition) is 2. The van der Waals surface area contributed by atoms with Gasteiger partial charge in [-0.15, -0.1) is 0 Å². The second-order valence-corrected chi connectivity index (χ2v) is 3.52. The van der Waals surface area contributed by atoms with Crippen molar-refractivity contribution < 1.29 is 4.79 Å². The molecule has 0 spiro atoms. The molecule has 0 bridgehead atoms. The fourth-order valence-electron chi connectivity index (χ4n) is 0.942. The fourth-order valence-corrected chi connectivity index (χ4v) is 0.942. The Bertz CT molecular complexity index is 134. The van der Waals surface area contributed by atoms with E-state index in [0.717, 1.165) is 6.54 Å². The molecule has 3 heteroatoms. The zero-order chi connectivity index (χ0) is 9.56. The first-order valence-electron chi connectivity index (χ1n) is 4.46. The first-order chi connectivity index (χ1) is 5.57. The molecule has 3 nitrogen and oxygen atoms in total. The molecule has 0 aliphatic carbocycles. The van der Waals surface area contributed by atoms with Gasteiger partial charge in [0.05, 0.1) is 6.04 Å². The largest absolute Gasteiger partial charge is 0.318 e. The molecule has 0 aliphatic heterocycles. The third kappa shape index (κ3) is 5.27. The molecule has 0 radical (unpaired) electrons. The van der Waals surface area contributed by atoms with E-state index in [4.69, 9.17) is 0 Å². The van der Waals surface area contributed by atoms with E-state index in [0.29, 0.717) is 12.5 Å². The van der Waals surface area contributed by atoms with E-state index >= 15 is 0 Å². The van der Waals surface area contributed by atoms with Crippen molar-refractivity contribution in [3.8, 4) is 0 Å². The van der Waals surface area contributed by atoms with Gasteiger partial charge in [-0.05, 0) is 26.4 Å². The standard InChI is InChI=1S/C9H20N2O/c1-7(2)5-11-9(6-10-4)8(3)12/h7,9-11H,5-6H2,1-4H3/t9-/m0/s1. The summed E-state index contributed by atoms with van der Waals surface area (Å²) in [6, 6.07) is -0.0302. The van der Waals surface area contributed by atoms with E-state index in [9.17, 15) is 4.79 Å². The highest BCUT2D eigenvalue weighted by atomic mass is 16.1. The first-order valence-corrected chi connectivity index (χ1v) is 4.46. The molecule has 0 heterocycles. The van der Waals surface area contributed by atoms with E-state index in [2.05, 4.69) is 24.5 Å². The lowest BCUT2D eigenvalue weighted by Crippen LogP contribution is -2.44. The summed E-state index contributed by atoms with van der Waals surface area (Å²) in [6.07, 6.45) is 0. The zero-order valence-electron chi connectivity index (χ0n) is 8.48. The van der Waals surface area contributed by atoms with Gasteiger partial charge in [-0.2, -0.15) is 0 Å². The highest BCUT2D eigenvalue weighted by Crippen LogP contribution is 1.90. The minimum atomic E-state index is -0.0302. The van der Waals surface area contributed by atoms with Crippen LogP contribution in [0.3, 0.4) is 0 Å². The van der Waals surface area contributed by atoms with E-state index in [1.807, 2.05) is 7.05 Å². The molecule has 0 aromatic carbocycles. The van der Waals surface area contributed by atoms with Crippen LogP contribution < -0.4 is 10.6 Å². The minimum absolute atomic E-state index is 0.0302. The molecule has 0 saturated carbocycles. The Labute approximate surface area is 74.9 Å². The number of Topliss-reactive ketones (excluding diaryl/α,β-unsaturated/α-hetero) is 1. The number of carbonyl (C=O) groups excluding carboxylic acids is 1. The monoisotopic (exact) mass is 172 g/mol. The summed E-state index contributed by atoms with van der Waals surface area (Å²) in [7, 11) is 1.85. The number of ketones is 1. The normalized spacial score (nSPS) is 13.4. The van der Waals surface area contributed by atoms with Crippen molar-refractivity contribution in [1.29, 1.82) is 0 Å². The number of rotatable bonds is 6. The van der Waals surface area contributed by atoms with E-state index in [-0.39, 0.29) is 11.8 Å². The van der Waals surface area contributed by atoms with Gasteiger partial charge in [-0.25, -0.2) is 0 Å². The summed E-state index contributed by atoms with van der Waals surface area (Å²) in [6.45, 7) is 7.48. The van der Waals surface area contributed by atoms with Crippen molar-refractivity contribution in [3.63, 3.8) is 0 Å². The Hall–Kier alpha value is -0.410. The van der Waals surface area contributed by atoms with Gasteiger partial charge in [0, 0.05) is 6.54 Å². The molecule has 0 fully saturated rings. The van der Waals surface area contributed by atoms with Gasteiger partial charge in [-0.1, -0.05) is 13.8 Å². The maximum absolute atomic E-state index is 11.0. The molecule has 0 rings (SSSR count). The van der Waals surface area contributed by atoms with Gasteiger partial charge in [-0.3, -0.25) is 4.79 Å². The number of carbonyl (C=O) groups is 1. The van der Waals surface area contributed by atoms with Crippen LogP contribution in [0.25, 0.3) is 0 Å². The van der Waals surface area contributed by atoms with Crippen molar-refractivity contribution in [2.75, 3.05) is 20.1 Å². The van der Waals surface area contributed by atoms with E-state index in [1.54, 1.807) is 6.92 Å². The van der Waals surface area contributed by atoms with Crippen molar-refractivity contribution in [3.05, 3.63) is 0 Å². The summed E-state index contributed by atoms with van der Waals surface area (Å²) in [4.78, 5) is 11.0. The number of hydrogen-bond acceptors (Lipinski definition) is 3. The lowest BCUT2D eigenvalue weighted by Gasteiger charge is -2.16. The molecule has 0 unspecified atom stereocenters. The van der Waals surface area contributed by atoms with E-state index < -0.39 is 0 Å². The van der Waals surface area contributed by atoms with E-state index in [1.165, 1.54) is 0 Å². The quantitative estimate of drug-likeness (QED) is 0.609. The lowest BCUT2D eigenvalue weighted by molar-refractivity contribution is -0.118. The van der Waals surface area contributed by atoms with Gasteiger partial charge in [0.15, 0.2) is 0 Å². The molecule has 0 aromatic rings. The van der Waals surface area contributed by atoms with Crippen LogP contribution in [0.15, 0.2) is 0 Å². The second kappa shape index (κ2) is 6.14. The van der Waals surface area contributed by atoms with Crippen molar-refractivity contribution in [2.45, 2.75) is 26.8 Å². The molecule has 0 saturated heterocycles. The molecule has 1 atom stereocenters. The maximum atomic E-state index is 11.0. The van der Waals surface area contributed by atoms with Crippen LogP contribution in [-0.2, 0) is 4.79 Å². The van der Waals surface area contributed by atoms with Crippen LogP contribution in [0.2, 0.25) is 0 Å². The molecule has 0 aromatic heterocycles. The smallest absolute Gasteiger partial charge is 0.147 e. The number of nitrogens with one attached hydrogen (secondary N) is 2. The third-order valence-corrected chi connectivity index (χ3v) is 1.67. The fraction of sp³-hybridized carbons (Fsp3) is 0.889. The predicted molar refractivity (Wildman–Crippen MR) is 51.2 cm³/mol. The SMILES string of the molecule is CNC[C@H](NCC(C)C)C(C)=O.